The van der Waals surface area contributed by atoms with Crippen LogP contribution in [0.4, 0.5) is 5.69 Å². The third-order valence-electron chi connectivity index (χ3n) is 3.67. The molecule has 7 nitrogen and oxygen atoms in total. The summed E-state index contributed by atoms with van der Waals surface area (Å²) in [5.74, 6) is 0.999. The Balaban J connectivity index is 1.57. The van der Waals surface area contributed by atoms with Crippen molar-refractivity contribution in [1.82, 2.24) is 5.32 Å². The van der Waals surface area contributed by atoms with Crippen LogP contribution in [0.15, 0.2) is 12.1 Å². The van der Waals surface area contributed by atoms with Crippen molar-refractivity contribution in [1.29, 1.82) is 0 Å². The standard InChI is InChI=1S/C14H17ClN2O5S/c15-10-5-12-13(22-3-2-21-12)6-11(10)16-7-14(18)17-9-1-4-23(19,20)8-9/h5-6,9,16H,1-4,7-8H2,(H,17,18). The van der Waals surface area contributed by atoms with Crippen molar-refractivity contribution in [2.24, 2.45) is 0 Å². The molecule has 9 heteroatoms. The van der Waals surface area contributed by atoms with Crippen LogP contribution in [0.1, 0.15) is 6.42 Å². The van der Waals surface area contributed by atoms with Crippen molar-refractivity contribution in [2.45, 2.75) is 12.5 Å². The number of amides is 1. The number of hydrogen-bond donors (Lipinski definition) is 2. The van der Waals surface area contributed by atoms with Gasteiger partial charge in [0.1, 0.15) is 13.2 Å². The van der Waals surface area contributed by atoms with Gasteiger partial charge in [-0.3, -0.25) is 4.79 Å². The summed E-state index contributed by atoms with van der Waals surface area (Å²) < 4.78 is 33.6. The zero-order valence-corrected chi connectivity index (χ0v) is 13.9. The Labute approximate surface area is 139 Å². The van der Waals surface area contributed by atoms with Crippen LogP contribution in [0.3, 0.4) is 0 Å². The molecule has 2 aliphatic rings. The van der Waals surface area contributed by atoms with E-state index in [0.29, 0.717) is 41.8 Å². The highest BCUT2D eigenvalue weighted by molar-refractivity contribution is 7.91. The van der Waals surface area contributed by atoms with Gasteiger partial charge in [-0.2, -0.15) is 0 Å². The predicted octanol–water partition coefficient (Wildman–Crippen LogP) is 0.826. The summed E-state index contributed by atoms with van der Waals surface area (Å²) in [7, 11) is -3.01. The average molecular weight is 361 g/mol. The fraction of sp³-hybridized carbons (Fsp3) is 0.500. The molecule has 23 heavy (non-hydrogen) atoms. The molecule has 0 spiro atoms. The van der Waals surface area contributed by atoms with Crippen molar-refractivity contribution >= 4 is 33.0 Å². The van der Waals surface area contributed by atoms with E-state index in [4.69, 9.17) is 21.1 Å². The van der Waals surface area contributed by atoms with E-state index in [1.807, 2.05) is 0 Å². The second-order valence-corrected chi connectivity index (χ2v) is 8.13. The van der Waals surface area contributed by atoms with E-state index in [-0.39, 0.29) is 30.0 Å². The van der Waals surface area contributed by atoms with Gasteiger partial charge in [-0.15, -0.1) is 0 Å². The van der Waals surface area contributed by atoms with Gasteiger partial charge in [-0.25, -0.2) is 8.42 Å². The molecule has 2 aliphatic heterocycles. The molecule has 1 unspecified atom stereocenters. The fourth-order valence-corrected chi connectivity index (χ4v) is 4.46. The number of hydrogen-bond acceptors (Lipinski definition) is 6. The maximum absolute atomic E-state index is 11.9. The minimum Gasteiger partial charge on any atom is -0.486 e. The summed E-state index contributed by atoms with van der Waals surface area (Å²) in [5.41, 5.74) is 0.560. The molecule has 2 N–H and O–H groups in total. The molecule has 1 amide bonds. The summed E-state index contributed by atoms with van der Waals surface area (Å²) >= 11 is 6.14. The monoisotopic (exact) mass is 360 g/mol. The molecule has 3 rings (SSSR count). The first-order valence-electron chi connectivity index (χ1n) is 7.26. The van der Waals surface area contributed by atoms with Crippen LogP contribution in [-0.2, 0) is 14.6 Å². The van der Waals surface area contributed by atoms with E-state index >= 15 is 0 Å². The van der Waals surface area contributed by atoms with Crippen molar-refractivity contribution in [3.63, 3.8) is 0 Å². The normalized spacial score (nSPS) is 21.7. The maximum Gasteiger partial charge on any atom is 0.239 e. The summed E-state index contributed by atoms with van der Waals surface area (Å²) in [5, 5.41) is 6.06. The van der Waals surface area contributed by atoms with Crippen LogP contribution in [0.5, 0.6) is 11.5 Å². The molecular weight excluding hydrogens is 344 g/mol. The summed E-state index contributed by atoms with van der Waals surface area (Å²) in [6.45, 7) is 0.934. The number of carbonyl (C=O) groups excluding carboxylic acids is 1. The van der Waals surface area contributed by atoms with Gasteiger partial charge in [0.05, 0.1) is 28.8 Å². The van der Waals surface area contributed by atoms with Crippen LogP contribution >= 0.6 is 11.6 Å². The fourth-order valence-electron chi connectivity index (χ4n) is 2.56. The van der Waals surface area contributed by atoms with Crippen LogP contribution in [-0.4, -0.2) is 51.6 Å². The molecular formula is C14H17ClN2O5S. The molecule has 0 bridgehead atoms. The van der Waals surface area contributed by atoms with Gasteiger partial charge in [0.2, 0.25) is 5.91 Å². The van der Waals surface area contributed by atoms with Crippen molar-refractivity contribution in [2.75, 3.05) is 36.6 Å². The molecule has 1 aromatic carbocycles. The molecule has 1 aromatic rings. The third-order valence-corrected chi connectivity index (χ3v) is 5.75. The number of anilines is 1. The highest BCUT2D eigenvalue weighted by Gasteiger charge is 2.28. The molecule has 1 saturated heterocycles. The van der Waals surface area contributed by atoms with E-state index in [9.17, 15) is 13.2 Å². The molecule has 126 valence electrons. The molecule has 0 saturated carbocycles. The largest absolute Gasteiger partial charge is 0.486 e. The SMILES string of the molecule is O=C(CNc1cc2c(cc1Cl)OCCO2)NC1CCS(=O)(=O)C1. The van der Waals surface area contributed by atoms with Crippen molar-refractivity contribution < 1.29 is 22.7 Å². The van der Waals surface area contributed by atoms with Gasteiger partial charge in [0.25, 0.3) is 0 Å². The van der Waals surface area contributed by atoms with Gasteiger partial charge >= 0.3 is 0 Å². The number of halogens is 1. The van der Waals surface area contributed by atoms with Crippen molar-refractivity contribution in [3.8, 4) is 11.5 Å². The van der Waals surface area contributed by atoms with E-state index in [0.717, 1.165) is 0 Å². The molecule has 2 heterocycles. The zero-order chi connectivity index (χ0) is 16.4. The number of nitrogens with one attached hydrogen (secondary N) is 2. The number of ether oxygens (including phenoxy) is 2. The lowest BCUT2D eigenvalue weighted by Gasteiger charge is -2.20. The molecule has 1 atom stereocenters. The smallest absolute Gasteiger partial charge is 0.239 e. The number of fused-ring (bicyclic) bond motifs is 1. The highest BCUT2D eigenvalue weighted by atomic mass is 35.5. The minimum absolute atomic E-state index is 0.00349. The van der Waals surface area contributed by atoms with Gasteiger partial charge < -0.3 is 20.1 Å². The van der Waals surface area contributed by atoms with Crippen LogP contribution in [0, 0.1) is 0 Å². The van der Waals surface area contributed by atoms with E-state index in [1.165, 1.54) is 0 Å². The lowest BCUT2D eigenvalue weighted by molar-refractivity contribution is -0.119. The second kappa shape index (κ2) is 6.45. The van der Waals surface area contributed by atoms with Crippen LogP contribution in [0.2, 0.25) is 5.02 Å². The first kappa shape index (κ1) is 16.2. The molecule has 0 aliphatic carbocycles. The first-order valence-corrected chi connectivity index (χ1v) is 9.46. The minimum atomic E-state index is -3.01. The Bertz CT molecular complexity index is 722. The van der Waals surface area contributed by atoms with E-state index in [1.54, 1.807) is 12.1 Å². The first-order chi connectivity index (χ1) is 10.9. The Morgan fingerprint density at radius 3 is 2.61 bits per heavy atom. The molecule has 0 radical (unpaired) electrons. The van der Waals surface area contributed by atoms with Gasteiger partial charge in [-0.05, 0) is 6.42 Å². The summed E-state index contributed by atoms with van der Waals surface area (Å²) in [6, 6.07) is 3.01. The van der Waals surface area contributed by atoms with Gasteiger partial charge in [0.15, 0.2) is 21.3 Å². The number of benzene rings is 1. The Morgan fingerprint density at radius 1 is 1.26 bits per heavy atom. The second-order valence-electron chi connectivity index (χ2n) is 5.50. The third kappa shape index (κ3) is 4.00. The van der Waals surface area contributed by atoms with E-state index in [2.05, 4.69) is 10.6 Å². The number of rotatable bonds is 4. The lowest BCUT2D eigenvalue weighted by Crippen LogP contribution is -2.39. The van der Waals surface area contributed by atoms with Gasteiger partial charge in [0, 0.05) is 18.2 Å². The van der Waals surface area contributed by atoms with Crippen LogP contribution < -0.4 is 20.1 Å². The average Bonchev–Trinajstić information content (AvgIpc) is 2.84. The Kier molecular flexibility index (Phi) is 4.54. The predicted molar refractivity (Wildman–Crippen MR) is 86.1 cm³/mol. The quantitative estimate of drug-likeness (QED) is 0.826. The van der Waals surface area contributed by atoms with Crippen LogP contribution in [0.25, 0.3) is 0 Å². The number of sulfone groups is 1. The molecule has 0 aromatic heterocycles. The zero-order valence-electron chi connectivity index (χ0n) is 12.3. The van der Waals surface area contributed by atoms with Gasteiger partial charge in [-0.1, -0.05) is 11.6 Å². The Hall–Kier alpha value is -1.67. The summed E-state index contributed by atoms with van der Waals surface area (Å²) in [4.78, 5) is 11.9. The lowest BCUT2D eigenvalue weighted by atomic mass is 10.2. The summed E-state index contributed by atoms with van der Waals surface area (Å²) in [6.07, 6.45) is 0.457. The maximum atomic E-state index is 11.9. The number of carbonyl (C=O) groups is 1. The van der Waals surface area contributed by atoms with E-state index < -0.39 is 9.84 Å². The topological polar surface area (TPSA) is 93.7 Å². The Morgan fingerprint density at radius 2 is 1.96 bits per heavy atom. The highest BCUT2D eigenvalue weighted by Crippen LogP contribution is 2.37. The molecule has 1 fully saturated rings. The van der Waals surface area contributed by atoms with Crippen molar-refractivity contribution in [3.05, 3.63) is 17.2 Å².